The van der Waals surface area contributed by atoms with Crippen LogP contribution in [0.15, 0.2) is 6.07 Å². The van der Waals surface area contributed by atoms with Crippen LogP contribution in [0.25, 0.3) is 0 Å². The fraction of sp³-hybridized carbons (Fsp3) is 0.556. The van der Waals surface area contributed by atoms with Gasteiger partial charge < -0.3 is 5.73 Å². The van der Waals surface area contributed by atoms with Gasteiger partial charge in [0.2, 0.25) is 0 Å². The summed E-state index contributed by atoms with van der Waals surface area (Å²) in [6.45, 7) is 7.06. The molecule has 12 heavy (non-hydrogen) atoms. The molecule has 0 aliphatic rings. The summed E-state index contributed by atoms with van der Waals surface area (Å²) in [5.74, 6) is 0. The number of rotatable bonds is 1. The number of thiophene rings is 1. The van der Waals surface area contributed by atoms with Gasteiger partial charge in [0.1, 0.15) is 0 Å². The second-order valence-electron chi connectivity index (χ2n) is 3.86. The van der Waals surface area contributed by atoms with Crippen molar-refractivity contribution in [3.63, 3.8) is 0 Å². The van der Waals surface area contributed by atoms with E-state index in [-0.39, 0.29) is 5.41 Å². The highest BCUT2D eigenvalue weighted by atomic mass is 35.5. The quantitative estimate of drug-likeness (QED) is 0.746. The van der Waals surface area contributed by atoms with Gasteiger partial charge in [-0.3, -0.25) is 0 Å². The summed E-state index contributed by atoms with van der Waals surface area (Å²) in [5.41, 5.74) is 6.77. The molecule has 0 unspecified atom stereocenters. The maximum atomic E-state index is 5.99. The number of hydrogen-bond acceptors (Lipinski definition) is 2. The summed E-state index contributed by atoms with van der Waals surface area (Å²) in [4.78, 5) is 1.30. The molecule has 0 aliphatic heterocycles. The van der Waals surface area contributed by atoms with Crippen LogP contribution in [0.2, 0.25) is 4.34 Å². The van der Waals surface area contributed by atoms with Crippen LogP contribution >= 0.6 is 22.9 Å². The van der Waals surface area contributed by atoms with Gasteiger partial charge in [-0.25, -0.2) is 0 Å². The topological polar surface area (TPSA) is 26.0 Å². The molecule has 1 heterocycles. The first-order valence-corrected chi connectivity index (χ1v) is 5.13. The first kappa shape index (κ1) is 10.0. The van der Waals surface area contributed by atoms with E-state index in [1.54, 1.807) is 11.3 Å². The Kier molecular flexibility index (Phi) is 2.81. The van der Waals surface area contributed by atoms with Crippen molar-refractivity contribution in [1.29, 1.82) is 0 Å². The Bertz CT molecular complexity index is 273. The van der Waals surface area contributed by atoms with Crippen LogP contribution in [0.5, 0.6) is 0 Å². The molecule has 1 aromatic rings. The lowest BCUT2D eigenvalue weighted by Crippen LogP contribution is -2.08. The van der Waals surface area contributed by atoms with Crippen LogP contribution in [0.4, 0.5) is 0 Å². The van der Waals surface area contributed by atoms with E-state index < -0.39 is 0 Å². The molecule has 2 N–H and O–H groups in total. The highest BCUT2D eigenvalue weighted by Crippen LogP contribution is 2.35. The smallest absolute Gasteiger partial charge is 0.0976 e. The molecule has 0 spiro atoms. The highest BCUT2D eigenvalue weighted by Gasteiger charge is 2.18. The number of nitrogens with two attached hydrogens (primary N) is 1. The van der Waals surface area contributed by atoms with E-state index in [0.717, 1.165) is 9.90 Å². The Morgan fingerprint density at radius 3 is 2.33 bits per heavy atom. The van der Waals surface area contributed by atoms with Gasteiger partial charge in [-0.05, 0) is 17.0 Å². The second-order valence-corrected chi connectivity index (χ2v) is 5.52. The maximum Gasteiger partial charge on any atom is 0.0976 e. The standard InChI is InChI=1S/C9H14ClNS/c1-9(2,3)7-4-6(5-11)8(10)12-7/h4H,5,11H2,1-3H3. The third kappa shape index (κ3) is 2.00. The molecular weight excluding hydrogens is 190 g/mol. The van der Waals surface area contributed by atoms with E-state index in [1.807, 2.05) is 0 Å². The van der Waals surface area contributed by atoms with Crippen LogP contribution in [-0.2, 0) is 12.0 Å². The predicted octanol–water partition coefficient (Wildman–Crippen LogP) is 3.16. The Morgan fingerprint density at radius 1 is 1.50 bits per heavy atom. The molecule has 1 nitrogen and oxygen atoms in total. The third-order valence-corrected chi connectivity index (χ3v) is 3.58. The molecule has 0 amide bonds. The number of hydrogen-bond donors (Lipinski definition) is 1. The van der Waals surface area contributed by atoms with Gasteiger partial charge >= 0.3 is 0 Å². The summed E-state index contributed by atoms with van der Waals surface area (Å²) in [7, 11) is 0. The normalized spacial score (nSPS) is 12.1. The minimum absolute atomic E-state index is 0.182. The lowest BCUT2D eigenvalue weighted by molar-refractivity contribution is 0.603. The minimum Gasteiger partial charge on any atom is -0.326 e. The number of halogens is 1. The third-order valence-electron chi connectivity index (χ3n) is 1.72. The van der Waals surface area contributed by atoms with Gasteiger partial charge in [-0.1, -0.05) is 32.4 Å². The van der Waals surface area contributed by atoms with E-state index in [0.29, 0.717) is 6.54 Å². The summed E-state index contributed by atoms with van der Waals surface area (Å²) < 4.78 is 0.836. The Hall–Kier alpha value is -0.0500. The molecule has 0 bridgehead atoms. The minimum atomic E-state index is 0.182. The molecule has 0 saturated carbocycles. The van der Waals surface area contributed by atoms with Crippen LogP contribution in [0.3, 0.4) is 0 Å². The molecule has 1 aromatic heterocycles. The molecule has 1 rings (SSSR count). The van der Waals surface area contributed by atoms with Gasteiger partial charge in [0.25, 0.3) is 0 Å². The van der Waals surface area contributed by atoms with Gasteiger partial charge in [0, 0.05) is 11.4 Å². The monoisotopic (exact) mass is 203 g/mol. The van der Waals surface area contributed by atoms with Crippen molar-refractivity contribution < 1.29 is 0 Å². The highest BCUT2D eigenvalue weighted by molar-refractivity contribution is 7.16. The first-order valence-electron chi connectivity index (χ1n) is 3.94. The summed E-state index contributed by atoms with van der Waals surface area (Å²) >= 11 is 7.62. The molecule has 0 aliphatic carbocycles. The van der Waals surface area contributed by atoms with Crippen molar-refractivity contribution in [2.75, 3.05) is 0 Å². The summed E-state index contributed by atoms with van der Waals surface area (Å²) in [5, 5.41) is 0. The van der Waals surface area contributed by atoms with E-state index >= 15 is 0 Å². The molecule has 0 radical (unpaired) electrons. The predicted molar refractivity (Wildman–Crippen MR) is 55.9 cm³/mol. The van der Waals surface area contributed by atoms with Crippen molar-refractivity contribution in [3.05, 3.63) is 20.8 Å². The van der Waals surface area contributed by atoms with Crippen molar-refractivity contribution in [3.8, 4) is 0 Å². The molecule has 0 fully saturated rings. The fourth-order valence-electron chi connectivity index (χ4n) is 0.915. The van der Waals surface area contributed by atoms with Gasteiger partial charge in [0.05, 0.1) is 4.34 Å². The Balaban J connectivity index is 3.05. The van der Waals surface area contributed by atoms with Crippen LogP contribution in [0.1, 0.15) is 31.2 Å². The van der Waals surface area contributed by atoms with E-state index in [1.165, 1.54) is 4.88 Å². The van der Waals surface area contributed by atoms with Gasteiger partial charge in [0.15, 0.2) is 0 Å². The van der Waals surface area contributed by atoms with Crippen molar-refractivity contribution in [1.82, 2.24) is 0 Å². The zero-order valence-corrected chi connectivity index (χ0v) is 9.22. The van der Waals surface area contributed by atoms with Crippen molar-refractivity contribution in [2.24, 2.45) is 5.73 Å². The Morgan fingerprint density at radius 2 is 2.08 bits per heavy atom. The van der Waals surface area contributed by atoms with Crippen LogP contribution in [0, 0.1) is 0 Å². The van der Waals surface area contributed by atoms with Crippen molar-refractivity contribution in [2.45, 2.75) is 32.7 Å². The second kappa shape index (κ2) is 3.36. The zero-order valence-electron chi connectivity index (χ0n) is 7.65. The first-order chi connectivity index (χ1) is 5.45. The van der Waals surface area contributed by atoms with Gasteiger partial charge in [-0.2, -0.15) is 0 Å². The summed E-state index contributed by atoms with van der Waals surface area (Å²) in [6, 6.07) is 2.10. The molecular formula is C9H14ClNS. The average Bonchev–Trinajstić information content (AvgIpc) is 2.29. The summed E-state index contributed by atoms with van der Waals surface area (Å²) in [6.07, 6.45) is 0. The van der Waals surface area contributed by atoms with Crippen molar-refractivity contribution >= 4 is 22.9 Å². The van der Waals surface area contributed by atoms with Crippen LogP contribution in [-0.4, -0.2) is 0 Å². The Labute approximate surface area is 82.5 Å². The molecule has 3 heteroatoms. The van der Waals surface area contributed by atoms with E-state index in [2.05, 4.69) is 26.8 Å². The molecule has 68 valence electrons. The van der Waals surface area contributed by atoms with Crippen LogP contribution < -0.4 is 5.73 Å². The fourth-order valence-corrected chi connectivity index (χ4v) is 2.27. The van der Waals surface area contributed by atoms with E-state index in [9.17, 15) is 0 Å². The SMILES string of the molecule is CC(C)(C)c1cc(CN)c(Cl)s1. The zero-order chi connectivity index (χ0) is 9.35. The largest absolute Gasteiger partial charge is 0.326 e. The molecule has 0 aromatic carbocycles. The maximum absolute atomic E-state index is 5.99. The molecule has 0 saturated heterocycles. The lowest BCUT2D eigenvalue weighted by Gasteiger charge is -2.14. The van der Waals surface area contributed by atoms with Gasteiger partial charge in [-0.15, -0.1) is 11.3 Å². The van der Waals surface area contributed by atoms with E-state index in [4.69, 9.17) is 17.3 Å². The lowest BCUT2D eigenvalue weighted by atomic mass is 9.94. The molecule has 0 atom stereocenters. The average molecular weight is 204 g/mol.